The maximum absolute atomic E-state index is 12.7. The quantitative estimate of drug-likeness (QED) is 0.883. The summed E-state index contributed by atoms with van der Waals surface area (Å²) in [4.78, 5) is 0. The minimum Gasteiger partial charge on any atom is -0.372 e. The second-order valence-electron chi connectivity index (χ2n) is 4.08. The molecule has 2 nitrogen and oxygen atoms in total. The fourth-order valence-electron chi connectivity index (χ4n) is 1.90. The van der Waals surface area contributed by atoms with Gasteiger partial charge in [-0.25, -0.2) is 0 Å². The van der Waals surface area contributed by atoms with Crippen molar-refractivity contribution in [1.82, 2.24) is 5.32 Å². The third-order valence-corrected chi connectivity index (χ3v) is 2.81. The molecule has 1 saturated heterocycles. The lowest BCUT2D eigenvalue weighted by atomic mass is 10.1. The predicted octanol–water partition coefficient (Wildman–Crippen LogP) is 2.58. The normalized spacial score (nSPS) is 20.8. The molecule has 1 atom stereocenters. The van der Waals surface area contributed by atoms with E-state index in [0.717, 1.165) is 19.0 Å². The van der Waals surface area contributed by atoms with Crippen molar-refractivity contribution in [3.05, 3.63) is 35.4 Å². The third kappa shape index (κ3) is 3.20. The number of hydrogen-bond donors (Lipinski definition) is 1. The van der Waals surface area contributed by atoms with Crippen LogP contribution in [0.2, 0.25) is 0 Å². The molecule has 1 aliphatic rings. The molecular weight excluding hydrogens is 231 g/mol. The zero-order valence-electron chi connectivity index (χ0n) is 9.26. The first-order chi connectivity index (χ1) is 8.07. The molecule has 0 unspecified atom stereocenters. The van der Waals surface area contributed by atoms with Crippen LogP contribution in [0.15, 0.2) is 24.3 Å². The summed E-state index contributed by atoms with van der Waals surface area (Å²) in [7, 11) is 0. The average Bonchev–Trinajstić information content (AvgIpc) is 2.78. The zero-order chi connectivity index (χ0) is 12.3. The fraction of sp³-hybridized carbons (Fsp3) is 0.500. The summed E-state index contributed by atoms with van der Waals surface area (Å²) in [6, 6.07) is 5.54. The molecule has 0 aromatic heterocycles. The number of halogens is 3. The average molecular weight is 245 g/mol. The molecule has 0 bridgehead atoms. The summed E-state index contributed by atoms with van der Waals surface area (Å²) in [5.74, 6) is 0. The minimum atomic E-state index is -4.31. The van der Waals surface area contributed by atoms with Gasteiger partial charge in [0, 0.05) is 6.54 Å². The van der Waals surface area contributed by atoms with E-state index in [-0.39, 0.29) is 18.3 Å². The number of rotatable bonds is 3. The van der Waals surface area contributed by atoms with E-state index in [1.165, 1.54) is 12.1 Å². The van der Waals surface area contributed by atoms with Gasteiger partial charge in [0.25, 0.3) is 0 Å². The van der Waals surface area contributed by atoms with Crippen LogP contribution in [0.5, 0.6) is 0 Å². The van der Waals surface area contributed by atoms with Crippen LogP contribution >= 0.6 is 0 Å². The Hall–Kier alpha value is -1.07. The highest BCUT2D eigenvalue weighted by Gasteiger charge is 2.33. The van der Waals surface area contributed by atoms with Gasteiger partial charge in [0.05, 0.1) is 18.3 Å². The number of hydrogen-bond acceptors (Lipinski definition) is 2. The van der Waals surface area contributed by atoms with Gasteiger partial charge in [0.2, 0.25) is 0 Å². The van der Waals surface area contributed by atoms with Crippen LogP contribution in [-0.4, -0.2) is 19.2 Å². The van der Waals surface area contributed by atoms with Crippen LogP contribution in [-0.2, 0) is 17.5 Å². The molecule has 0 aliphatic carbocycles. The molecule has 1 aromatic rings. The van der Waals surface area contributed by atoms with Crippen LogP contribution in [0, 0.1) is 0 Å². The molecule has 0 saturated carbocycles. The fourth-order valence-corrected chi connectivity index (χ4v) is 1.90. The summed E-state index contributed by atoms with van der Waals surface area (Å²) in [6.45, 7) is 1.60. The molecule has 1 aromatic carbocycles. The highest BCUT2D eigenvalue weighted by molar-refractivity contribution is 5.29. The van der Waals surface area contributed by atoms with Gasteiger partial charge < -0.3 is 10.1 Å². The monoisotopic (exact) mass is 245 g/mol. The first-order valence-corrected chi connectivity index (χ1v) is 5.55. The largest absolute Gasteiger partial charge is 0.416 e. The van der Waals surface area contributed by atoms with Crippen LogP contribution in [0.4, 0.5) is 13.2 Å². The predicted molar refractivity (Wildman–Crippen MR) is 57.5 cm³/mol. The van der Waals surface area contributed by atoms with Gasteiger partial charge in [-0.3, -0.25) is 0 Å². The Morgan fingerprint density at radius 1 is 1.29 bits per heavy atom. The van der Waals surface area contributed by atoms with Crippen molar-refractivity contribution < 1.29 is 17.9 Å². The Bertz CT molecular complexity index is 372. The van der Waals surface area contributed by atoms with E-state index in [9.17, 15) is 13.2 Å². The lowest BCUT2D eigenvalue weighted by Crippen LogP contribution is -2.18. The van der Waals surface area contributed by atoms with E-state index >= 15 is 0 Å². The first-order valence-electron chi connectivity index (χ1n) is 5.55. The molecule has 1 aliphatic heterocycles. The van der Waals surface area contributed by atoms with Crippen molar-refractivity contribution in [3.8, 4) is 0 Å². The topological polar surface area (TPSA) is 21.3 Å². The molecule has 1 N–H and O–H groups in total. The smallest absolute Gasteiger partial charge is 0.372 e. The third-order valence-electron chi connectivity index (χ3n) is 2.81. The summed E-state index contributed by atoms with van der Waals surface area (Å²) >= 11 is 0. The molecule has 0 radical (unpaired) electrons. The number of ether oxygens (including phenoxy) is 1. The molecule has 0 spiro atoms. The molecule has 2 rings (SSSR count). The Morgan fingerprint density at radius 2 is 2.06 bits per heavy atom. The van der Waals surface area contributed by atoms with Gasteiger partial charge in [-0.15, -0.1) is 0 Å². The van der Waals surface area contributed by atoms with E-state index < -0.39 is 11.7 Å². The van der Waals surface area contributed by atoms with E-state index in [0.29, 0.717) is 6.54 Å². The molecule has 0 amide bonds. The van der Waals surface area contributed by atoms with Crippen molar-refractivity contribution in [2.24, 2.45) is 0 Å². The second-order valence-corrected chi connectivity index (χ2v) is 4.08. The van der Waals surface area contributed by atoms with Crippen LogP contribution in [0.3, 0.4) is 0 Å². The van der Waals surface area contributed by atoms with Crippen LogP contribution in [0.25, 0.3) is 0 Å². The van der Waals surface area contributed by atoms with Gasteiger partial charge in [-0.1, -0.05) is 18.2 Å². The second kappa shape index (κ2) is 5.06. The van der Waals surface area contributed by atoms with E-state index in [1.54, 1.807) is 6.07 Å². The summed E-state index contributed by atoms with van der Waals surface area (Å²) in [6.07, 6.45) is -3.43. The van der Waals surface area contributed by atoms with Crippen molar-refractivity contribution in [3.63, 3.8) is 0 Å². The molecule has 1 fully saturated rings. The molecule has 5 heteroatoms. The SMILES string of the molecule is FC(F)(F)c1ccccc1CO[C@@H]1CCNC1. The maximum atomic E-state index is 12.7. The maximum Gasteiger partial charge on any atom is 0.416 e. The lowest BCUT2D eigenvalue weighted by molar-refractivity contribution is -0.139. The molecule has 94 valence electrons. The standard InChI is InChI=1S/C12H14F3NO/c13-12(14,15)11-4-2-1-3-9(11)8-17-10-5-6-16-7-10/h1-4,10,16H,5-8H2/t10-/m1/s1. The van der Waals surface area contributed by atoms with Crippen molar-refractivity contribution >= 4 is 0 Å². The van der Waals surface area contributed by atoms with Gasteiger partial charge in [-0.05, 0) is 24.6 Å². The van der Waals surface area contributed by atoms with E-state index in [2.05, 4.69) is 5.32 Å². The highest BCUT2D eigenvalue weighted by Crippen LogP contribution is 2.32. The van der Waals surface area contributed by atoms with Gasteiger partial charge >= 0.3 is 6.18 Å². The number of benzene rings is 1. The summed E-state index contributed by atoms with van der Waals surface area (Å²) < 4.78 is 43.5. The zero-order valence-corrected chi connectivity index (χ0v) is 9.26. The van der Waals surface area contributed by atoms with Gasteiger partial charge in [0.1, 0.15) is 0 Å². The first kappa shape index (κ1) is 12.4. The summed E-state index contributed by atoms with van der Waals surface area (Å²) in [5, 5.41) is 3.11. The lowest BCUT2D eigenvalue weighted by Gasteiger charge is -2.15. The van der Waals surface area contributed by atoms with Crippen molar-refractivity contribution in [1.29, 1.82) is 0 Å². The Kier molecular flexibility index (Phi) is 3.69. The Labute approximate surface area is 97.8 Å². The van der Waals surface area contributed by atoms with Crippen molar-refractivity contribution in [2.45, 2.75) is 25.3 Å². The number of nitrogens with one attached hydrogen (secondary N) is 1. The Morgan fingerprint density at radius 3 is 2.71 bits per heavy atom. The van der Waals surface area contributed by atoms with Gasteiger partial charge in [-0.2, -0.15) is 13.2 Å². The molecule has 17 heavy (non-hydrogen) atoms. The van der Waals surface area contributed by atoms with Crippen LogP contribution < -0.4 is 5.32 Å². The van der Waals surface area contributed by atoms with E-state index in [1.807, 2.05) is 0 Å². The van der Waals surface area contributed by atoms with Gasteiger partial charge in [0.15, 0.2) is 0 Å². The Balaban J connectivity index is 2.04. The highest BCUT2D eigenvalue weighted by atomic mass is 19.4. The summed E-state index contributed by atoms with van der Waals surface area (Å²) in [5.41, 5.74) is -0.405. The van der Waals surface area contributed by atoms with E-state index in [4.69, 9.17) is 4.74 Å². The van der Waals surface area contributed by atoms with Crippen LogP contribution in [0.1, 0.15) is 17.5 Å². The van der Waals surface area contributed by atoms with Crippen molar-refractivity contribution in [2.75, 3.05) is 13.1 Å². The molecule has 1 heterocycles. The number of alkyl halides is 3. The minimum absolute atomic E-state index is 0.0159. The molecular formula is C12H14F3NO.